The monoisotopic (exact) mass is 413 g/mol. The zero-order valence-corrected chi connectivity index (χ0v) is 17.7. The number of carbonyl (C=O) groups excluding carboxylic acids is 1. The van der Waals surface area contributed by atoms with Crippen LogP contribution in [-0.2, 0) is 11.3 Å². The Morgan fingerprint density at radius 1 is 1.17 bits per heavy atom. The van der Waals surface area contributed by atoms with Gasteiger partial charge in [0.15, 0.2) is 6.61 Å². The molecule has 0 fully saturated rings. The zero-order chi connectivity index (χ0) is 21.0. The van der Waals surface area contributed by atoms with Crippen molar-refractivity contribution >= 4 is 17.5 Å². The molecular weight excluding hydrogens is 390 g/mol. The summed E-state index contributed by atoms with van der Waals surface area (Å²) in [6.07, 6.45) is 0. The van der Waals surface area contributed by atoms with E-state index in [1.54, 1.807) is 11.0 Å². The number of hydrogen-bond acceptors (Lipinski definition) is 5. The minimum absolute atomic E-state index is 0.0552. The first kappa shape index (κ1) is 20.9. The molecule has 0 aliphatic rings. The van der Waals surface area contributed by atoms with E-state index in [9.17, 15) is 4.79 Å². The van der Waals surface area contributed by atoms with Crippen molar-refractivity contribution in [2.45, 2.75) is 40.3 Å². The van der Waals surface area contributed by atoms with Gasteiger partial charge in [0.1, 0.15) is 5.75 Å². The predicted molar refractivity (Wildman–Crippen MR) is 112 cm³/mol. The molecule has 0 aliphatic heterocycles. The van der Waals surface area contributed by atoms with E-state index >= 15 is 0 Å². The lowest BCUT2D eigenvalue weighted by atomic mass is 10.1. The third kappa shape index (κ3) is 5.15. The van der Waals surface area contributed by atoms with Gasteiger partial charge >= 0.3 is 0 Å². The molecule has 0 bridgehead atoms. The number of carbonyl (C=O) groups is 1. The molecule has 0 saturated carbocycles. The molecule has 2 aromatic carbocycles. The highest BCUT2D eigenvalue weighted by atomic mass is 35.5. The van der Waals surface area contributed by atoms with E-state index in [1.807, 2.05) is 64.1 Å². The van der Waals surface area contributed by atoms with Crippen LogP contribution < -0.4 is 4.74 Å². The number of aryl methyl sites for hydroxylation is 2. The Hall–Kier alpha value is -2.86. The highest BCUT2D eigenvalue weighted by Crippen LogP contribution is 2.26. The Morgan fingerprint density at radius 2 is 1.93 bits per heavy atom. The van der Waals surface area contributed by atoms with E-state index in [0.717, 1.165) is 11.1 Å². The molecule has 1 amide bonds. The third-order valence-electron chi connectivity index (χ3n) is 4.52. The second-order valence-corrected chi connectivity index (χ2v) is 7.56. The molecule has 3 aromatic rings. The molecule has 0 N–H and O–H groups in total. The average molecular weight is 414 g/mol. The smallest absolute Gasteiger partial charge is 0.261 e. The lowest BCUT2D eigenvalue weighted by Crippen LogP contribution is -2.39. The van der Waals surface area contributed by atoms with Gasteiger partial charge in [0.2, 0.25) is 11.8 Å². The molecule has 0 radical (unpaired) electrons. The van der Waals surface area contributed by atoms with Crippen LogP contribution in [0.15, 0.2) is 46.9 Å². The highest BCUT2D eigenvalue weighted by molar-refractivity contribution is 6.33. The number of aromatic nitrogens is 2. The lowest BCUT2D eigenvalue weighted by molar-refractivity contribution is -0.136. The average Bonchev–Trinajstić information content (AvgIpc) is 3.15. The number of hydrogen-bond donors (Lipinski definition) is 0. The first-order valence-corrected chi connectivity index (χ1v) is 9.79. The van der Waals surface area contributed by atoms with E-state index in [1.165, 1.54) is 0 Å². The molecule has 152 valence electrons. The number of benzene rings is 2. The minimum atomic E-state index is -0.154. The Morgan fingerprint density at radius 3 is 2.66 bits per heavy atom. The van der Waals surface area contributed by atoms with Gasteiger partial charge in [-0.3, -0.25) is 4.79 Å². The van der Waals surface area contributed by atoms with Gasteiger partial charge in [-0.05, 0) is 57.0 Å². The van der Waals surface area contributed by atoms with Crippen LogP contribution in [0.4, 0.5) is 0 Å². The second-order valence-electron chi connectivity index (χ2n) is 7.15. The Balaban J connectivity index is 1.69. The third-order valence-corrected chi connectivity index (χ3v) is 4.84. The van der Waals surface area contributed by atoms with E-state index in [0.29, 0.717) is 28.1 Å². The van der Waals surface area contributed by atoms with E-state index in [2.05, 4.69) is 10.2 Å². The summed E-state index contributed by atoms with van der Waals surface area (Å²) in [7, 11) is 0. The standard InChI is InChI=1S/C22H24ClN3O3/c1-14(2)26(21(27)13-28-19-11-15(3)9-10-16(19)4)12-20-24-25-22(29-20)17-7-5-6-8-18(17)23/h5-11,14H,12-13H2,1-4H3. The number of nitrogens with zero attached hydrogens (tertiary/aromatic N) is 3. The number of rotatable bonds is 7. The van der Waals surface area contributed by atoms with Crippen molar-refractivity contribution in [2.75, 3.05) is 6.61 Å². The van der Waals surface area contributed by atoms with Crippen molar-refractivity contribution in [1.82, 2.24) is 15.1 Å². The van der Waals surface area contributed by atoms with Crippen LogP contribution in [0.1, 0.15) is 30.9 Å². The number of ether oxygens (including phenoxy) is 1. The summed E-state index contributed by atoms with van der Waals surface area (Å²) in [6, 6.07) is 13.1. The molecule has 6 nitrogen and oxygen atoms in total. The molecule has 0 atom stereocenters. The molecule has 1 heterocycles. The van der Waals surface area contributed by atoms with Gasteiger partial charge in [-0.15, -0.1) is 10.2 Å². The molecule has 0 aliphatic carbocycles. The van der Waals surface area contributed by atoms with Gasteiger partial charge in [-0.25, -0.2) is 0 Å². The van der Waals surface area contributed by atoms with Crippen molar-refractivity contribution in [3.8, 4) is 17.2 Å². The van der Waals surface area contributed by atoms with Gasteiger partial charge in [-0.2, -0.15) is 0 Å². The zero-order valence-electron chi connectivity index (χ0n) is 17.0. The Bertz CT molecular complexity index is 1000. The van der Waals surface area contributed by atoms with Crippen LogP contribution in [0, 0.1) is 13.8 Å². The van der Waals surface area contributed by atoms with Crippen LogP contribution in [-0.4, -0.2) is 33.7 Å². The second kappa shape index (κ2) is 9.09. The normalized spacial score (nSPS) is 11.0. The van der Waals surface area contributed by atoms with Crippen LogP contribution >= 0.6 is 11.6 Å². The molecular formula is C22H24ClN3O3. The molecule has 7 heteroatoms. The van der Waals surface area contributed by atoms with Gasteiger partial charge < -0.3 is 14.1 Å². The van der Waals surface area contributed by atoms with E-state index in [-0.39, 0.29) is 25.1 Å². The maximum Gasteiger partial charge on any atom is 0.261 e. The lowest BCUT2D eigenvalue weighted by Gasteiger charge is -2.25. The maximum atomic E-state index is 12.8. The van der Waals surface area contributed by atoms with Crippen molar-refractivity contribution in [3.05, 3.63) is 64.5 Å². The molecule has 3 rings (SSSR count). The summed E-state index contributed by atoms with van der Waals surface area (Å²) in [5.74, 6) is 1.22. The van der Waals surface area contributed by atoms with Crippen molar-refractivity contribution in [1.29, 1.82) is 0 Å². The summed E-state index contributed by atoms with van der Waals surface area (Å²) in [6.45, 7) is 7.94. The number of amides is 1. The van der Waals surface area contributed by atoms with Gasteiger partial charge in [0.25, 0.3) is 5.91 Å². The highest BCUT2D eigenvalue weighted by Gasteiger charge is 2.22. The van der Waals surface area contributed by atoms with Gasteiger partial charge in [-0.1, -0.05) is 35.9 Å². The van der Waals surface area contributed by atoms with E-state index in [4.69, 9.17) is 20.8 Å². The first-order valence-electron chi connectivity index (χ1n) is 9.42. The minimum Gasteiger partial charge on any atom is -0.483 e. The summed E-state index contributed by atoms with van der Waals surface area (Å²) < 4.78 is 11.5. The molecule has 0 saturated heterocycles. The van der Waals surface area contributed by atoms with Gasteiger partial charge in [0.05, 0.1) is 17.1 Å². The molecule has 29 heavy (non-hydrogen) atoms. The maximum absolute atomic E-state index is 12.8. The summed E-state index contributed by atoms with van der Waals surface area (Å²) in [5, 5.41) is 8.66. The molecule has 1 aromatic heterocycles. The van der Waals surface area contributed by atoms with Crippen LogP contribution in [0.3, 0.4) is 0 Å². The Labute approximate surface area is 175 Å². The SMILES string of the molecule is Cc1ccc(C)c(OCC(=O)N(Cc2nnc(-c3ccccc3Cl)o2)C(C)C)c1. The fraction of sp³-hybridized carbons (Fsp3) is 0.318. The van der Waals surface area contributed by atoms with Gasteiger partial charge in [0, 0.05) is 6.04 Å². The van der Waals surface area contributed by atoms with Crippen molar-refractivity contribution in [3.63, 3.8) is 0 Å². The van der Waals surface area contributed by atoms with Crippen LogP contribution in [0.25, 0.3) is 11.5 Å². The largest absolute Gasteiger partial charge is 0.483 e. The van der Waals surface area contributed by atoms with Crippen LogP contribution in [0.5, 0.6) is 5.75 Å². The molecule has 0 spiro atoms. The van der Waals surface area contributed by atoms with E-state index < -0.39 is 0 Å². The topological polar surface area (TPSA) is 68.5 Å². The predicted octanol–water partition coefficient (Wildman–Crippen LogP) is 4.82. The number of halogens is 1. The summed E-state index contributed by atoms with van der Waals surface area (Å²) >= 11 is 6.19. The fourth-order valence-corrected chi connectivity index (χ4v) is 3.07. The first-order chi connectivity index (χ1) is 13.8. The fourth-order valence-electron chi connectivity index (χ4n) is 2.85. The molecule has 0 unspecified atom stereocenters. The summed E-state index contributed by atoms with van der Waals surface area (Å²) in [5.41, 5.74) is 2.73. The van der Waals surface area contributed by atoms with Crippen molar-refractivity contribution < 1.29 is 13.9 Å². The summed E-state index contributed by atoms with van der Waals surface area (Å²) in [4.78, 5) is 14.4. The quantitative estimate of drug-likeness (QED) is 0.555. The van der Waals surface area contributed by atoms with Crippen LogP contribution in [0.2, 0.25) is 5.02 Å². The Kier molecular flexibility index (Phi) is 6.54. The van der Waals surface area contributed by atoms with Crippen molar-refractivity contribution in [2.24, 2.45) is 0 Å².